The number of hydrogen-bond donors (Lipinski definition) is 2. The average Bonchev–Trinajstić information content (AvgIpc) is 3.31. The van der Waals surface area contributed by atoms with Gasteiger partial charge < -0.3 is 24.3 Å². The first-order valence-electron chi connectivity index (χ1n) is 8.76. The Hall–Kier alpha value is -3.18. The van der Waals surface area contributed by atoms with E-state index >= 15 is 0 Å². The summed E-state index contributed by atoms with van der Waals surface area (Å²) >= 11 is 6.19. The summed E-state index contributed by atoms with van der Waals surface area (Å²) in [5, 5.41) is 5.54. The van der Waals surface area contributed by atoms with Crippen molar-refractivity contribution < 1.29 is 33.3 Å². The van der Waals surface area contributed by atoms with E-state index in [9.17, 15) is 14.4 Å². The molecule has 0 atom stereocenters. The summed E-state index contributed by atoms with van der Waals surface area (Å²) in [6.45, 7) is 3.53. The highest BCUT2D eigenvalue weighted by Crippen LogP contribution is 2.34. The second-order valence-electron chi connectivity index (χ2n) is 5.95. The molecule has 1 aromatic heterocycles. The lowest BCUT2D eigenvalue weighted by Gasteiger charge is -2.10. The van der Waals surface area contributed by atoms with Crippen molar-refractivity contribution in [2.75, 3.05) is 25.8 Å². The van der Waals surface area contributed by atoms with Crippen LogP contribution in [0.4, 0.5) is 5.00 Å². The van der Waals surface area contributed by atoms with Crippen LogP contribution < -0.4 is 20.1 Å². The lowest BCUT2D eigenvalue weighted by molar-refractivity contribution is 0.0527. The largest absolute Gasteiger partial charge is 0.465 e. The Morgan fingerprint density at radius 2 is 1.93 bits per heavy atom. The monoisotopic (exact) mass is 450 g/mol. The number of anilines is 1. The van der Waals surface area contributed by atoms with Crippen LogP contribution in [0.15, 0.2) is 18.2 Å². The molecule has 0 radical (unpaired) electrons. The van der Waals surface area contributed by atoms with Crippen molar-refractivity contribution in [3.8, 4) is 11.5 Å². The Morgan fingerprint density at radius 3 is 2.63 bits per heavy atom. The molecular weight excluding hydrogens is 432 g/mol. The fraction of sp³-hybridized carbons (Fsp3) is 0.263. The molecule has 2 N–H and O–H groups in total. The minimum absolute atomic E-state index is 0.0547. The average molecular weight is 450 g/mol. The van der Waals surface area contributed by atoms with Crippen LogP contribution in [0, 0.1) is 6.92 Å². The molecule has 1 amide bonds. The third-order valence-electron chi connectivity index (χ3n) is 4.09. The highest BCUT2D eigenvalue weighted by Gasteiger charge is 2.27. The summed E-state index contributed by atoms with van der Waals surface area (Å²) in [6, 6.07) is 4.73. The van der Waals surface area contributed by atoms with Gasteiger partial charge in [-0.05, 0) is 49.8 Å². The Morgan fingerprint density at radius 1 is 1.20 bits per heavy atom. The van der Waals surface area contributed by atoms with E-state index in [0.29, 0.717) is 22.6 Å². The number of esters is 2. The van der Waals surface area contributed by atoms with Crippen molar-refractivity contribution in [2.24, 2.45) is 0 Å². The summed E-state index contributed by atoms with van der Waals surface area (Å²) in [4.78, 5) is 37.1. The molecular formula is C19H18N2O7S2. The lowest BCUT2D eigenvalue weighted by atomic mass is 10.1. The van der Waals surface area contributed by atoms with Gasteiger partial charge >= 0.3 is 11.9 Å². The highest BCUT2D eigenvalue weighted by atomic mass is 32.1. The molecule has 1 aromatic carbocycles. The lowest BCUT2D eigenvalue weighted by Crippen LogP contribution is -2.34. The summed E-state index contributed by atoms with van der Waals surface area (Å²) in [5.74, 6) is -0.677. The Labute approximate surface area is 181 Å². The van der Waals surface area contributed by atoms with E-state index in [1.807, 2.05) is 0 Å². The van der Waals surface area contributed by atoms with Crippen molar-refractivity contribution in [1.29, 1.82) is 0 Å². The van der Waals surface area contributed by atoms with Crippen LogP contribution in [0.2, 0.25) is 0 Å². The zero-order chi connectivity index (χ0) is 21.8. The zero-order valence-electron chi connectivity index (χ0n) is 16.3. The van der Waals surface area contributed by atoms with Crippen molar-refractivity contribution >= 4 is 51.5 Å². The van der Waals surface area contributed by atoms with Crippen LogP contribution in [0.25, 0.3) is 0 Å². The van der Waals surface area contributed by atoms with Crippen LogP contribution in [-0.4, -0.2) is 43.5 Å². The van der Waals surface area contributed by atoms with Crippen LogP contribution in [0.1, 0.15) is 42.9 Å². The predicted octanol–water partition coefficient (Wildman–Crippen LogP) is 2.88. The third kappa shape index (κ3) is 4.36. The van der Waals surface area contributed by atoms with E-state index in [1.54, 1.807) is 26.0 Å². The van der Waals surface area contributed by atoms with Crippen LogP contribution >= 0.6 is 23.6 Å². The van der Waals surface area contributed by atoms with Gasteiger partial charge in [0.2, 0.25) is 6.79 Å². The van der Waals surface area contributed by atoms with E-state index in [4.69, 9.17) is 31.2 Å². The smallest absolute Gasteiger partial charge is 0.348 e. The number of methoxy groups -OCH3 is 1. The van der Waals surface area contributed by atoms with Crippen molar-refractivity contribution in [2.45, 2.75) is 13.8 Å². The molecule has 30 heavy (non-hydrogen) atoms. The van der Waals surface area contributed by atoms with E-state index in [1.165, 1.54) is 13.2 Å². The molecule has 11 heteroatoms. The molecule has 158 valence electrons. The predicted molar refractivity (Wildman–Crippen MR) is 113 cm³/mol. The number of thiophene rings is 1. The normalized spacial score (nSPS) is 11.6. The molecule has 2 aromatic rings. The third-order valence-corrected chi connectivity index (χ3v) is 5.48. The number of thiocarbonyl (C=S) groups is 1. The van der Waals surface area contributed by atoms with E-state index in [-0.39, 0.29) is 34.0 Å². The maximum Gasteiger partial charge on any atom is 0.348 e. The van der Waals surface area contributed by atoms with Gasteiger partial charge in [-0.1, -0.05) is 0 Å². The molecule has 3 rings (SSSR count). The number of ether oxygens (including phenoxy) is 4. The van der Waals surface area contributed by atoms with Gasteiger partial charge in [-0.25, -0.2) is 9.59 Å². The van der Waals surface area contributed by atoms with Gasteiger partial charge in [0.15, 0.2) is 16.6 Å². The van der Waals surface area contributed by atoms with E-state index in [0.717, 1.165) is 11.3 Å². The molecule has 1 aliphatic rings. The first-order chi connectivity index (χ1) is 14.3. The number of amides is 1. The molecule has 0 unspecified atom stereocenters. The van der Waals surface area contributed by atoms with Crippen molar-refractivity contribution in [3.05, 3.63) is 39.8 Å². The quantitative estimate of drug-likeness (QED) is 0.524. The number of rotatable bonds is 5. The number of carbonyl (C=O) groups is 3. The molecule has 0 spiro atoms. The summed E-state index contributed by atoms with van der Waals surface area (Å²) in [5.41, 5.74) is 0.867. The summed E-state index contributed by atoms with van der Waals surface area (Å²) in [7, 11) is 1.24. The molecule has 0 aliphatic carbocycles. The molecule has 9 nitrogen and oxygen atoms in total. The number of hydrogen-bond acceptors (Lipinski definition) is 9. The molecule has 0 saturated carbocycles. The first-order valence-corrected chi connectivity index (χ1v) is 9.99. The van der Waals surface area contributed by atoms with Gasteiger partial charge in [0, 0.05) is 5.56 Å². The maximum absolute atomic E-state index is 12.5. The number of fused-ring (bicyclic) bond motifs is 1. The van der Waals surface area contributed by atoms with Gasteiger partial charge in [-0.2, -0.15) is 0 Å². The van der Waals surface area contributed by atoms with Gasteiger partial charge in [0.05, 0.1) is 19.3 Å². The van der Waals surface area contributed by atoms with E-state index < -0.39 is 17.8 Å². The van der Waals surface area contributed by atoms with Crippen molar-refractivity contribution in [1.82, 2.24) is 5.32 Å². The topological polar surface area (TPSA) is 112 Å². The minimum Gasteiger partial charge on any atom is -0.465 e. The second kappa shape index (κ2) is 9.09. The summed E-state index contributed by atoms with van der Waals surface area (Å²) < 4.78 is 20.3. The molecule has 0 saturated heterocycles. The minimum atomic E-state index is -0.617. The summed E-state index contributed by atoms with van der Waals surface area (Å²) in [6.07, 6.45) is 0. The maximum atomic E-state index is 12.5. The van der Waals surface area contributed by atoms with Crippen LogP contribution in [0.5, 0.6) is 11.5 Å². The van der Waals surface area contributed by atoms with E-state index in [2.05, 4.69) is 10.6 Å². The standard InChI is InChI=1S/C19H18N2O7S2/c1-4-26-17(23)13-9(2)14(18(24)25-3)30-16(13)21-19(29)20-15(22)10-5-6-11-12(7-10)28-8-27-11/h5-7H,4,8H2,1-3H3,(H2,20,21,22,29). The second-order valence-corrected chi connectivity index (χ2v) is 7.38. The Kier molecular flexibility index (Phi) is 6.53. The van der Waals surface area contributed by atoms with Gasteiger partial charge in [-0.3, -0.25) is 10.1 Å². The fourth-order valence-corrected chi connectivity index (χ4v) is 4.06. The molecule has 0 fully saturated rings. The molecule has 1 aliphatic heterocycles. The number of carbonyl (C=O) groups excluding carboxylic acids is 3. The number of benzene rings is 1. The zero-order valence-corrected chi connectivity index (χ0v) is 18.0. The van der Waals surface area contributed by atoms with Gasteiger partial charge in [0.1, 0.15) is 9.88 Å². The first kappa shape index (κ1) is 21.5. The van der Waals surface area contributed by atoms with Crippen LogP contribution in [0.3, 0.4) is 0 Å². The Balaban J connectivity index is 1.79. The van der Waals surface area contributed by atoms with Crippen molar-refractivity contribution in [3.63, 3.8) is 0 Å². The number of nitrogens with one attached hydrogen (secondary N) is 2. The van der Waals surface area contributed by atoms with Gasteiger partial charge in [-0.15, -0.1) is 11.3 Å². The Bertz CT molecular complexity index is 1030. The SMILES string of the molecule is CCOC(=O)c1c(NC(=S)NC(=O)c2ccc3c(c2)OCO3)sc(C(=O)OC)c1C. The molecule has 0 bridgehead atoms. The van der Waals surface area contributed by atoms with Crippen LogP contribution in [-0.2, 0) is 9.47 Å². The van der Waals surface area contributed by atoms with Gasteiger partial charge in [0.25, 0.3) is 5.91 Å². The molecule has 2 heterocycles. The fourth-order valence-electron chi connectivity index (χ4n) is 2.69. The highest BCUT2D eigenvalue weighted by molar-refractivity contribution is 7.80.